The lowest BCUT2D eigenvalue weighted by molar-refractivity contribution is -0.384. The van der Waals surface area contributed by atoms with Gasteiger partial charge in [0.25, 0.3) is 0 Å². The van der Waals surface area contributed by atoms with Crippen LogP contribution >= 0.6 is 0 Å². The molecule has 0 bridgehead atoms. The Kier molecular flexibility index (Phi) is 3.52. The summed E-state index contributed by atoms with van der Waals surface area (Å²) in [5.41, 5.74) is 0.963. The molecule has 106 valence electrons. The van der Waals surface area contributed by atoms with E-state index in [4.69, 9.17) is 0 Å². The number of aromatic nitrogens is 2. The molecular formula is C13H22N4O2. The molecule has 1 fully saturated rings. The highest BCUT2D eigenvalue weighted by molar-refractivity contribution is 5.59. The van der Waals surface area contributed by atoms with Crippen molar-refractivity contribution in [3.63, 3.8) is 0 Å². The molecule has 1 aromatic rings. The Morgan fingerprint density at radius 3 is 2.53 bits per heavy atom. The maximum absolute atomic E-state index is 11.1. The Balaban J connectivity index is 2.14. The summed E-state index contributed by atoms with van der Waals surface area (Å²) in [6.07, 6.45) is 4.40. The topological polar surface area (TPSA) is 73.0 Å². The molecule has 0 unspecified atom stereocenters. The minimum absolute atomic E-state index is 0.104. The molecule has 6 nitrogen and oxygen atoms in total. The molecule has 0 aromatic carbocycles. The van der Waals surface area contributed by atoms with Gasteiger partial charge in [0.15, 0.2) is 0 Å². The fourth-order valence-corrected chi connectivity index (χ4v) is 2.76. The molecule has 0 radical (unpaired) electrons. The Labute approximate surface area is 113 Å². The molecular weight excluding hydrogens is 244 g/mol. The molecule has 6 heteroatoms. The van der Waals surface area contributed by atoms with E-state index in [1.165, 1.54) is 0 Å². The molecule has 0 aliphatic heterocycles. The molecule has 1 aliphatic carbocycles. The van der Waals surface area contributed by atoms with Gasteiger partial charge >= 0.3 is 5.69 Å². The van der Waals surface area contributed by atoms with Gasteiger partial charge in [-0.05, 0) is 38.0 Å². The third-order valence-corrected chi connectivity index (χ3v) is 4.05. The second-order valence-corrected chi connectivity index (χ2v) is 6.25. The first-order valence-corrected chi connectivity index (χ1v) is 6.75. The van der Waals surface area contributed by atoms with Crippen molar-refractivity contribution in [2.24, 2.45) is 12.5 Å². The van der Waals surface area contributed by atoms with E-state index < -0.39 is 0 Å². The molecule has 1 aliphatic rings. The van der Waals surface area contributed by atoms with Crippen molar-refractivity contribution < 1.29 is 4.92 Å². The van der Waals surface area contributed by atoms with E-state index >= 15 is 0 Å². The highest BCUT2D eigenvalue weighted by atomic mass is 16.6. The first kappa shape index (κ1) is 13.8. The number of nitro groups is 1. The highest BCUT2D eigenvalue weighted by Gasteiger charge is 2.30. The second-order valence-electron chi connectivity index (χ2n) is 6.25. The molecule has 1 saturated carbocycles. The van der Waals surface area contributed by atoms with Gasteiger partial charge in [0.2, 0.25) is 5.82 Å². The average molecular weight is 266 g/mol. The van der Waals surface area contributed by atoms with Crippen LogP contribution in [0.25, 0.3) is 0 Å². The van der Waals surface area contributed by atoms with Gasteiger partial charge in [-0.2, -0.15) is 5.10 Å². The van der Waals surface area contributed by atoms with Gasteiger partial charge < -0.3 is 5.32 Å². The molecule has 2 rings (SSSR count). The summed E-state index contributed by atoms with van der Waals surface area (Å²) in [7, 11) is 1.75. The summed E-state index contributed by atoms with van der Waals surface area (Å²) in [6.45, 7) is 6.23. The van der Waals surface area contributed by atoms with E-state index in [9.17, 15) is 10.1 Å². The Hall–Kier alpha value is -1.59. The van der Waals surface area contributed by atoms with Crippen molar-refractivity contribution in [2.45, 2.75) is 52.5 Å². The smallest absolute Gasteiger partial charge is 0.333 e. The van der Waals surface area contributed by atoms with Crippen LogP contribution in [-0.2, 0) is 7.05 Å². The Bertz CT molecular complexity index is 483. The predicted octanol–water partition coefficient (Wildman–Crippen LogP) is 3.02. The zero-order valence-electron chi connectivity index (χ0n) is 12.1. The quantitative estimate of drug-likeness (QED) is 0.674. The highest BCUT2D eigenvalue weighted by Crippen LogP contribution is 2.37. The molecule has 1 aromatic heterocycles. The van der Waals surface area contributed by atoms with Crippen molar-refractivity contribution in [3.05, 3.63) is 15.8 Å². The van der Waals surface area contributed by atoms with Crippen molar-refractivity contribution in [3.8, 4) is 0 Å². The van der Waals surface area contributed by atoms with Gasteiger partial charge in [-0.1, -0.05) is 13.8 Å². The molecule has 0 atom stereocenters. The summed E-state index contributed by atoms with van der Waals surface area (Å²) in [5, 5.41) is 18.6. The maximum atomic E-state index is 11.1. The van der Waals surface area contributed by atoms with Crippen LogP contribution in [0.5, 0.6) is 0 Å². The third kappa shape index (κ3) is 2.88. The van der Waals surface area contributed by atoms with Crippen molar-refractivity contribution in [1.82, 2.24) is 9.78 Å². The summed E-state index contributed by atoms with van der Waals surface area (Å²) in [4.78, 5) is 10.8. The summed E-state index contributed by atoms with van der Waals surface area (Å²) < 4.78 is 1.58. The van der Waals surface area contributed by atoms with Crippen LogP contribution in [0.1, 0.15) is 45.2 Å². The van der Waals surface area contributed by atoms with E-state index in [-0.39, 0.29) is 10.6 Å². The van der Waals surface area contributed by atoms with Crippen LogP contribution < -0.4 is 5.32 Å². The number of hydrogen-bond acceptors (Lipinski definition) is 4. The number of nitrogens with one attached hydrogen (secondary N) is 1. The van der Waals surface area contributed by atoms with Crippen molar-refractivity contribution in [2.75, 3.05) is 5.32 Å². The lowest BCUT2D eigenvalue weighted by atomic mass is 9.75. The first-order valence-electron chi connectivity index (χ1n) is 6.75. The predicted molar refractivity (Wildman–Crippen MR) is 74.3 cm³/mol. The molecule has 19 heavy (non-hydrogen) atoms. The van der Waals surface area contributed by atoms with Crippen LogP contribution in [0.15, 0.2) is 0 Å². The van der Waals surface area contributed by atoms with Gasteiger partial charge in [-0.3, -0.25) is 10.1 Å². The zero-order valence-corrected chi connectivity index (χ0v) is 12.1. The van der Waals surface area contributed by atoms with Crippen LogP contribution in [0, 0.1) is 22.5 Å². The van der Waals surface area contributed by atoms with Crippen LogP contribution in [0.3, 0.4) is 0 Å². The number of rotatable bonds is 3. The largest absolute Gasteiger partial charge is 0.362 e. The van der Waals surface area contributed by atoms with Crippen LogP contribution in [0.2, 0.25) is 0 Å². The minimum atomic E-state index is -0.350. The normalized spacial score (nSPS) is 19.4. The third-order valence-electron chi connectivity index (χ3n) is 4.05. The number of hydrogen-bond donors (Lipinski definition) is 1. The first-order chi connectivity index (χ1) is 8.80. The monoisotopic (exact) mass is 266 g/mol. The summed E-state index contributed by atoms with van der Waals surface area (Å²) in [6, 6.07) is 0.307. The van der Waals surface area contributed by atoms with E-state index in [1.807, 2.05) is 0 Å². The fraction of sp³-hybridized carbons (Fsp3) is 0.769. The van der Waals surface area contributed by atoms with Gasteiger partial charge in [0, 0.05) is 13.1 Å². The SMILES string of the molecule is Cc1nn(C)c(NC2CCC(C)(C)CC2)c1[N+](=O)[O-]. The number of aryl methyl sites for hydroxylation is 2. The zero-order chi connectivity index (χ0) is 14.2. The van der Waals surface area contributed by atoms with Crippen molar-refractivity contribution >= 4 is 11.5 Å². The van der Waals surface area contributed by atoms with Gasteiger partial charge in [-0.25, -0.2) is 4.68 Å². The van der Waals surface area contributed by atoms with E-state index in [0.29, 0.717) is 23.0 Å². The molecule has 0 spiro atoms. The van der Waals surface area contributed by atoms with Crippen LogP contribution in [-0.4, -0.2) is 20.7 Å². The summed E-state index contributed by atoms with van der Waals surface area (Å²) in [5.74, 6) is 0.534. The molecule has 0 saturated heterocycles. The van der Waals surface area contributed by atoms with Gasteiger partial charge in [0.1, 0.15) is 5.69 Å². The molecule has 0 amide bonds. The van der Waals surface area contributed by atoms with Crippen LogP contribution in [0.4, 0.5) is 11.5 Å². The van der Waals surface area contributed by atoms with E-state index in [0.717, 1.165) is 25.7 Å². The number of nitrogens with zero attached hydrogens (tertiary/aromatic N) is 3. The van der Waals surface area contributed by atoms with Gasteiger partial charge in [-0.15, -0.1) is 0 Å². The molecule has 1 N–H and O–H groups in total. The van der Waals surface area contributed by atoms with Gasteiger partial charge in [0.05, 0.1) is 4.92 Å². The lowest BCUT2D eigenvalue weighted by Crippen LogP contribution is -2.30. The van der Waals surface area contributed by atoms with E-state index in [2.05, 4.69) is 24.3 Å². The number of anilines is 1. The fourth-order valence-electron chi connectivity index (χ4n) is 2.76. The lowest BCUT2D eigenvalue weighted by Gasteiger charge is -2.34. The standard InChI is InChI=1S/C13H22N4O2/c1-9-11(17(18)19)12(16(4)15-9)14-10-5-7-13(2,3)8-6-10/h10,14H,5-8H2,1-4H3. The average Bonchev–Trinajstić information content (AvgIpc) is 2.56. The van der Waals surface area contributed by atoms with E-state index in [1.54, 1.807) is 18.7 Å². The minimum Gasteiger partial charge on any atom is -0.362 e. The summed E-state index contributed by atoms with van der Waals surface area (Å²) >= 11 is 0. The maximum Gasteiger partial charge on any atom is 0.333 e. The molecule has 1 heterocycles. The Morgan fingerprint density at radius 1 is 1.42 bits per heavy atom. The second kappa shape index (κ2) is 4.83. The Morgan fingerprint density at radius 2 is 2.00 bits per heavy atom. The van der Waals surface area contributed by atoms with Crippen molar-refractivity contribution in [1.29, 1.82) is 0 Å².